The van der Waals surface area contributed by atoms with E-state index < -0.39 is 0 Å². The Morgan fingerprint density at radius 2 is 1.79 bits per heavy atom. The zero-order chi connectivity index (χ0) is 19.8. The summed E-state index contributed by atoms with van der Waals surface area (Å²) in [7, 11) is 0. The molecule has 2 aromatic carbocycles. The minimum atomic E-state index is -0.0186. The maximum Gasteiger partial charge on any atom is 0.254 e. The van der Waals surface area contributed by atoms with Crippen molar-refractivity contribution < 1.29 is 9.53 Å². The van der Waals surface area contributed by atoms with Crippen molar-refractivity contribution in [2.24, 2.45) is 0 Å². The third-order valence-corrected chi connectivity index (χ3v) is 4.34. The smallest absolute Gasteiger partial charge is 0.254 e. The zero-order valence-electron chi connectivity index (χ0n) is 16.3. The number of rotatable bonds is 8. The van der Waals surface area contributed by atoms with Gasteiger partial charge in [0, 0.05) is 24.8 Å². The molecule has 0 saturated carbocycles. The first-order valence-corrected chi connectivity index (χ1v) is 9.49. The van der Waals surface area contributed by atoms with Crippen LogP contribution in [0, 0.1) is 0 Å². The van der Waals surface area contributed by atoms with E-state index in [4.69, 9.17) is 4.74 Å². The quantitative estimate of drug-likeness (QED) is 0.609. The Labute approximate surface area is 166 Å². The minimum Gasteiger partial charge on any atom is -0.492 e. The van der Waals surface area contributed by atoms with Gasteiger partial charge in [-0.05, 0) is 43.7 Å². The molecule has 0 spiro atoms. The Morgan fingerprint density at radius 3 is 2.54 bits per heavy atom. The van der Waals surface area contributed by atoms with E-state index in [1.165, 1.54) is 0 Å². The second-order valence-corrected chi connectivity index (χ2v) is 6.29. The highest BCUT2D eigenvalue weighted by Crippen LogP contribution is 2.27. The van der Waals surface area contributed by atoms with Crippen LogP contribution in [0.15, 0.2) is 72.9 Å². The number of ether oxygens (including phenoxy) is 1. The molecule has 1 aromatic heterocycles. The summed E-state index contributed by atoms with van der Waals surface area (Å²) in [5, 5.41) is 3.25. The van der Waals surface area contributed by atoms with Crippen molar-refractivity contribution >= 4 is 17.4 Å². The fourth-order valence-electron chi connectivity index (χ4n) is 2.93. The van der Waals surface area contributed by atoms with Crippen LogP contribution in [0.2, 0.25) is 0 Å². The molecule has 3 aromatic rings. The number of hydrogen-bond acceptors (Lipinski definition) is 4. The van der Waals surface area contributed by atoms with Crippen LogP contribution in [0.5, 0.6) is 5.75 Å². The molecular formula is C23H25N3O2. The number of anilines is 2. The van der Waals surface area contributed by atoms with E-state index in [-0.39, 0.29) is 5.91 Å². The number of aromatic nitrogens is 1. The number of nitrogens with zero attached hydrogens (tertiary/aromatic N) is 2. The van der Waals surface area contributed by atoms with Gasteiger partial charge in [-0.1, -0.05) is 42.5 Å². The van der Waals surface area contributed by atoms with E-state index in [1.54, 1.807) is 18.3 Å². The second-order valence-electron chi connectivity index (χ2n) is 6.29. The average Bonchev–Trinajstić information content (AvgIpc) is 2.74. The summed E-state index contributed by atoms with van der Waals surface area (Å²) >= 11 is 0. The molecule has 0 aliphatic heterocycles. The number of nitrogens with one attached hydrogen (secondary N) is 1. The van der Waals surface area contributed by atoms with Crippen molar-refractivity contribution in [3.8, 4) is 5.75 Å². The molecule has 0 atom stereocenters. The largest absolute Gasteiger partial charge is 0.492 e. The molecule has 0 aliphatic rings. The van der Waals surface area contributed by atoms with Gasteiger partial charge in [-0.2, -0.15) is 0 Å². The molecule has 0 radical (unpaired) electrons. The first-order chi connectivity index (χ1) is 13.7. The number of para-hydroxylation sites is 2. The predicted octanol–water partition coefficient (Wildman–Crippen LogP) is 4.89. The molecule has 144 valence electrons. The number of amides is 1. The van der Waals surface area contributed by atoms with Crippen LogP contribution in [-0.2, 0) is 6.54 Å². The van der Waals surface area contributed by atoms with Gasteiger partial charge in [0.15, 0.2) is 0 Å². The lowest BCUT2D eigenvalue weighted by molar-refractivity contribution is 0.0752. The molecule has 0 fully saturated rings. The third-order valence-electron chi connectivity index (χ3n) is 4.34. The number of pyridine rings is 1. The van der Waals surface area contributed by atoms with E-state index in [1.807, 2.05) is 73.3 Å². The van der Waals surface area contributed by atoms with Gasteiger partial charge >= 0.3 is 0 Å². The van der Waals surface area contributed by atoms with Crippen molar-refractivity contribution in [1.82, 2.24) is 9.88 Å². The highest BCUT2D eigenvalue weighted by atomic mass is 16.5. The molecule has 5 heteroatoms. The summed E-state index contributed by atoms with van der Waals surface area (Å²) in [6.07, 6.45) is 1.65. The predicted molar refractivity (Wildman–Crippen MR) is 112 cm³/mol. The van der Waals surface area contributed by atoms with Gasteiger partial charge in [0.05, 0.1) is 12.3 Å². The van der Waals surface area contributed by atoms with Crippen LogP contribution < -0.4 is 10.1 Å². The van der Waals surface area contributed by atoms with Crippen LogP contribution >= 0.6 is 0 Å². The van der Waals surface area contributed by atoms with Crippen LogP contribution in [-0.4, -0.2) is 28.9 Å². The lowest BCUT2D eigenvalue weighted by Crippen LogP contribution is -2.30. The molecule has 0 unspecified atom stereocenters. The summed E-state index contributed by atoms with van der Waals surface area (Å²) in [4.78, 5) is 19.2. The van der Waals surface area contributed by atoms with Crippen molar-refractivity contribution in [2.45, 2.75) is 20.4 Å². The maximum atomic E-state index is 13.0. The summed E-state index contributed by atoms with van der Waals surface area (Å²) in [6, 6.07) is 21.2. The summed E-state index contributed by atoms with van der Waals surface area (Å²) in [6.45, 7) is 5.72. The van der Waals surface area contributed by atoms with E-state index in [9.17, 15) is 4.79 Å². The molecule has 3 rings (SSSR count). The number of carbonyl (C=O) groups excluding carboxylic acids is 1. The number of hydrogen-bond donors (Lipinski definition) is 1. The van der Waals surface area contributed by atoms with Crippen molar-refractivity contribution in [2.75, 3.05) is 18.5 Å². The Balaban J connectivity index is 1.77. The molecule has 28 heavy (non-hydrogen) atoms. The van der Waals surface area contributed by atoms with E-state index in [2.05, 4.69) is 10.3 Å². The molecule has 1 N–H and O–H groups in total. The second kappa shape index (κ2) is 9.55. The van der Waals surface area contributed by atoms with Crippen molar-refractivity contribution in [3.63, 3.8) is 0 Å². The Hall–Kier alpha value is -3.34. The van der Waals surface area contributed by atoms with Gasteiger partial charge in [-0.3, -0.25) is 4.79 Å². The SMILES string of the molecule is CCOc1ccccc1Nc1cc(C(=O)N(CC)Cc2ccccc2)ccn1. The van der Waals surface area contributed by atoms with E-state index in [0.29, 0.717) is 31.1 Å². The highest BCUT2D eigenvalue weighted by molar-refractivity contribution is 5.95. The first-order valence-electron chi connectivity index (χ1n) is 9.49. The molecule has 0 aliphatic carbocycles. The normalized spacial score (nSPS) is 10.4. The minimum absolute atomic E-state index is 0.0186. The highest BCUT2D eigenvalue weighted by Gasteiger charge is 2.15. The molecule has 1 amide bonds. The van der Waals surface area contributed by atoms with Crippen LogP contribution in [0.1, 0.15) is 29.8 Å². The standard InChI is InChI=1S/C23H25N3O2/c1-3-26(17-18-10-6-5-7-11-18)23(27)19-14-15-24-22(16-19)25-20-12-8-9-13-21(20)28-4-2/h5-16H,3-4,17H2,1-2H3,(H,24,25). The molecule has 5 nitrogen and oxygen atoms in total. The van der Waals surface area contributed by atoms with Gasteiger partial charge in [0.1, 0.15) is 11.6 Å². The summed E-state index contributed by atoms with van der Waals surface area (Å²) < 4.78 is 5.64. The molecule has 0 saturated heterocycles. The van der Waals surface area contributed by atoms with Crippen molar-refractivity contribution in [3.05, 3.63) is 84.1 Å². The number of carbonyl (C=O) groups is 1. The van der Waals surface area contributed by atoms with Crippen LogP contribution in [0.25, 0.3) is 0 Å². The molecule has 1 heterocycles. The fraction of sp³-hybridized carbons (Fsp3) is 0.217. The Bertz CT molecular complexity index is 912. The fourth-order valence-corrected chi connectivity index (χ4v) is 2.93. The topological polar surface area (TPSA) is 54.5 Å². The lowest BCUT2D eigenvalue weighted by Gasteiger charge is -2.21. The molecule has 0 bridgehead atoms. The number of benzene rings is 2. The van der Waals surface area contributed by atoms with Gasteiger partial charge < -0.3 is 15.0 Å². The third kappa shape index (κ3) is 4.88. The Kier molecular flexibility index (Phi) is 6.63. The van der Waals surface area contributed by atoms with Gasteiger partial charge in [0.25, 0.3) is 5.91 Å². The van der Waals surface area contributed by atoms with Crippen LogP contribution in [0.3, 0.4) is 0 Å². The zero-order valence-corrected chi connectivity index (χ0v) is 16.3. The first kappa shape index (κ1) is 19.4. The summed E-state index contributed by atoms with van der Waals surface area (Å²) in [5.74, 6) is 1.34. The van der Waals surface area contributed by atoms with Gasteiger partial charge in [-0.25, -0.2) is 4.98 Å². The maximum absolute atomic E-state index is 13.0. The van der Waals surface area contributed by atoms with Crippen molar-refractivity contribution in [1.29, 1.82) is 0 Å². The van der Waals surface area contributed by atoms with Gasteiger partial charge in [0.2, 0.25) is 0 Å². The average molecular weight is 375 g/mol. The monoisotopic (exact) mass is 375 g/mol. The van der Waals surface area contributed by atoms with Crippen LogP contribution in [0.4, 0.5) is 11.5 Å². The Morgan fingerprint density at radius 1 is 1.04 bits per heavy atom. The summed E-state index contributed by atoms with van der Waals surface area (Å²) in [5.41, 5.74) is 2.53. The van der Waals surface area contributed by atoms with Gasteiger partial charge in [-0.15, -0.1) is 0 Å². The molecular weight excluding hydrogens is 350 g/mol. The van der Waals surface area contributed by atoms with E-state index >= 15 is 0 Å². The lowest BCUT2D eigenvalue weighted by atomic mass is 10.1. The van der Waals surface area contributed by atoms with E-state index in [0.717, 1.165) is 17.0 Å².